The van der Waals surface area contributed by atoms with Crippen LogP contribution in [0.5, 0.6) is 11.6 Å². The van der Waals surface area contributed by atoms with Gasteiger partial charge in [-0.15, -0.1) is 6.58 Å². The Morgan fingerprint density at radius 2 is 1.91 bits per heavy atom. The van der Waals surface area contributed by atoms with Gasteiger partial charge in [-0.2, -0.15) is 0 Å². The highest BCUT2D eigenvalue weighted by molar-refractivity contribution is 7.91. The Hall–Kier alpha value is -4.50. The van der Waals surface area contributed by atoms with E-state index in [0.29, 0.717) is 24.0 Å². The SMILES string of the molecule is C=CC(=O)NC(C(=O)N1C[C@H](Oc2nccc3cc(OC)ccc23)C[C@H]1C(=O)N[C@]1(C(=O)NS(=O)(=O)C2CC2)C[C@H]1C=C)C(C)(C)O. The number of hydrogen-bond donors (Lipinski definition) is 4. The van der Waals surface area contributed by atoms with Crippen molar-refractivity contribution in [1.82, 2.24) is 25.2 Å². The molecule has 1 aliphatic heterocycles. The van der Waals surface area contributed by atoms with E-state index in [-0.39, 0.29) is 25.3 Å². The van der Waals surface area contributed by atoms with Crippen molar-refractivity contribution in [2.24, 2.45) is 5.92 Å². The van der Waals surface area contributed by atoms with Crippen molar-refractivity contribution in [2.75, 3.05) is 13.7 Å². The molecule has 2 heterocycles. The third-order valence-corrected chi connectivity index (χ3v) is 10.6. The first kappa shape index (κ1) is 33.9. The molecule has 2 aromatic rings. The maximum absolute atomic E-state index is 14.0. The van der Waals surface area contributed by atoms with E-state index in [4.69, 9.17) is 9.47 Å². The molecule has 1 aromatic heterocycles. The number of pyridine rings is 1. The number of carbonyl (C=O) groups is 4. The van der Waals surface area contributed by atoms with Gasteiger partial charge in [-0.3, -0.25) is 23.9 Å². The molecule has 3 fully saturated rings. The van der Waals surface area contributed by atoms with Crippen molar-refractivity contribution in [2.45, 2.75) is 74.1 Å². The molecule has 4 amide bonds. The predicted octanol–water partition coefficient (Wildman–Crippen LogP) is 0.703. The summed E-state index contributed by atoms with van der Waals surface area (Å²) in [6.45, 7) is 9.66. The fourth-order valence-corrected chi connectivity index (χ4v) is 7.17. The normalized spacial score (nSPS) is 24.5. The number of likely N-dealkylation sites (tertiary alicyclic amines) is 1. The van der Waals surface area contributed by atoms with Crippen molar-refractivity contribution in [3.8, 4) is 11.6 Å². The Morgan fingerprint density at radius 3 is 2.51 bits per heavy atom. The number of amides is 4. The second-order valence-electron chi connectivity index (χ2n) is 12.7. The van der Waals surface area contributed by atoms with E-state index >= 15 is 0 Å². The summed E-state index contributed by atoms with van der Waals surface area (Å²) < 4.78 is 38.8. The molecular formula is C32H39N5O9S. The lowest BCUT2D eigenvalue weighted by Crippen LogP contribution is -2.62. The lowest BCUT2D eigenvalue weighted by atomic mass is 9.97. The van der Waals surface area contributed by atoms with Crippen molar-refractivity contribution in [1.29, 1.82) is 0 Å². The number of hydrogen-bond acceptors (Lipinski definition) is 10. The van der Waals surface area contributed by atoms with Crippen LogP contribution < -0.4 is 24.8 Å². The van der Waals surface area contributed by atoms with Crippen LogP contribution >= 0.6 is 0 Å². The number of nitrogens with one attached hydrogen (secondary N) is 3. The smallest absolute Gasteiger partial charge is 0.259 e. The molecule has 2 saturated carbocycles. The first-order chi connectivity index (χ1) is 22.1. The molecule has 0 radical (unpaired) electrons. The molecule has 252 valence electrons. The Kier molecular flexibility index (Phi) is 9.08. The van der Waals surface area contributed by atoms with E-state index < -0.39 is 74.1 Å². The summed E-state index contributed by atoms with van der Waals surface area (Å²) >= 11 is 0. The third-order valence-electron chi connectivity index (χ3n) is 8.74. The largest absolute Gasteiger partial charge is 0.497 e. The summed E-state index contributed by atoms with van der Waals surface area (Å²) in [7, 11) is -2.36. The van der Waals surface area contributed by atoms with Gasteiger partial charge in [0.1, 0.15) is 29.5 Å². The van der Waals surface area contributed by atoms with Crippen LogP contribution in [0.3, 0.4) is 0 Å². The minimum absolute atomic E-state index is 0.0450. The number of aliphatic hydroxyl groups is 1. The molecule has 0 bridgehead atoms. The van der Waals surface area contributed by atoms with Crippen LogP contribution in [0.2, 0.25) is 0 Å². The topological polar surface area (TPSA) is 193 Å². The average molecular weight is 670 g/mol. The zero-order valence-corrected chi connectivity index (χ0v) is 27.2. The number of fused-ring (bicyclic) bond motifs is 1. The summed E-state index contributed by atoms with van der Waals surface area (Å²) in [6, 6.07) is 4.39. The lowest BCUT2D eigenvalue weighted by Gasteiger charge is -2.34. The molecule has 5 atom stereocenters. The predicted molar refractivity (Wildman–Crippen MR) is 171 cm³/mol. The Morgan fingerprint density at radius 1 is 1.19 bits per heavy atom. The molecular weight excluding hydrogens is 630 g/mol. The van der Waals surface area contributed by atoms with Gasteiger partial charge in [-0.05, 0) is 68.8 Å². The number of aromatic nitrogens is 1. The van der Waals surface area contributed by atoms with Crippen LogP contribution in [0.1, 0.15) is 39.5 Å². The second kappa shape index (κ2) is 12.6. The van der Waals surface area contributed by atoms with Gasteiger partial charge >= 0.3 is 0 Å². The van der Waals surface area contributed by atoms with Crippen LogP contribution in [0.25, 0.3) is 10.8 Å². The monoisotopic (exact) mass is 669 g/mol. The minimum Gasteiger partial charge on any atom is -0.497 e. The Labute approximate surface area is 272 Å². The quantitative estimate of drug-likeness (QED) is 0.174. The lowest BCUT2D eigenvalue weighted by molar-refractivity contribution is -0.146. The molecule has 47 heavy (non-hydrogen) atoms. The summed E-state index contributed by atoms with van der Waals surface area (Å²) in [5, 5.41) is 16.8. The fourth-order valence-electron chi connectivity index (χ4n) is 5.81. The van der Waals surface area contributed by atoms with Crippen molar-refractivity contribution in [3.05, 3.63) is 55.8 Å². The average Bonchev–Trinajstić information content (AvgIpc) is 3.95. The van der Waals surface area contributed by atoms with Gasteiger partial charge in [-0.1, -0.05) is 12.7 Å². The molecule has 15 heteroatoms. The first-order valence-corrected chi connectivity index (χ1v) is 16.7. The molecule has 5 rings (SSSR count). The molecule has 1 aromatic carbocycles. The molecule has 1 unspecified atom stereocenters. The fraction of sp³-hybridized carbons (Fsp3) is 0.469. The van der Waals surface area contributed by atoms with Crippen LogP contribution in [-0.4, -0.2) is 95.3 Å². The van der Waals surface area contributed by atoms with Crippen molar-refractivity contribution in [3.63, 3.8) is 0 Å². The van der Waals surface area contributed by atoms with E-state index in [1.807, 2.05) is 0 Å². The van der Waals surface area contributed by atoms with Crippen LogP contribution in [0.15, 0.2) is 55.8 Å². The zero-order valence-electron chi connectivity index (χ0n) is 26.4. The highest BCUT2D eigenvalue weighted by atomic mass is 32.2. The summed E-state index contributed by atoms with van der Waals surface area (Å²) in [5.74, 6) is -2.79. The number of benzene rings is 1. The number of methoxy groups -OCH3 is 1. The van der Waals surface area contributed by atoms with E-state index in [1.165, 1.54) is 24.8 Å². The van der Waals surface area contributed by atoms with Gasteiger partial charge in [0, 0.05) is 23.9 Å². The van der Waals surface area contributed by atoms with E-state index in [2.05, 4.69) is 33.5 Å². The number of ether oxygens (including phenoxy) is 2. The zero-order chi connectivity index (χ0) is 34.3. The number of carbonyl (C=O) groups excluding carboxylic acids is 4. The van der Waals surface area contributed by atoms with Crippen LogP contribution in [-0.2, 0) is 29.2 Å². The first-order valence-electron chi connectivity index (χ1n) is 15.2. The van der Waals surface area contributed by atoms with Gasteiger partial charge in [-0.25, -0.2) is 13.4 Å². The minimum atomic E-state index is -3.91. The Balaban J connectivity index is 1.44. The van der Waals surface area contributed by atoms with E-state index in [9.17, 15) is 32.7 Å². The molecule has 14 nitrogen and oxygen atoms in total. The van der Waals surface area contributed by atoms with Crippen molar-refractivity contribution >= 4 is 44.4 Å². The molecule has 1 saturated heterocycles. The summed E-state index contributed by atoms with van der Waals surface area (Å²) in [4.78, 5) is 59.1. The maximum atomic E-state index is 14.0. The molecule has 3 aliphatic rings. The number of nitrogens with zero attached hydrogens (tertiary/aromatic N) is 2. The van der Waals surface area contributed by atoms with Gasteiger partial charge in [0.2, 0.25) is 33.6 Å². The van der Waals surface area contributed by atoms with Crippen LogP contribution in [0, 0.1) is 5.92 Å². The van der Waals surface area contributed by atoms with Gasteiger partial charge in [0.05, 0.1) is 24.5 Å². The maximum Gasteiger partial charge on any atom is 0.259 e. The third kappa shape index (κ3) is 6.95. The van der Waals surface area contributed by atoms with Crippen LogP contribution in [0.4, 0.5) is 0 Å². The Bertz CT molecular complexity index is 1740. The van der Waals surface area contributed by atoms with Gasteiger partial charge < -0.3 is 30.1 Å². The second-order valence-corrected chi connectivity index (χ2v) is 14.6. The summed E-state index contributed by atoms with van der Waals surface area (Å²) in [6.07, 6.45) is 4.14. The number of sulfonamides is 1. The van der Waals surface area contributed by atoms with E-state index in [0.717, 1.165) is 11.5 Å². The highest BCUT2D eigenvalue weighted by Crippen LogP contribution is 2.45. The highest BCUT2D eigenvalue weighted by Gasteiger charge is 2.62. The van der Waals surface area contributed by atoms with Gasteiger partial charge in [0.15, 0.2) is 0 Å². The van der Waals surface area contributed by atoms with Crippen molar-refractivity contribution < 1.29 is 42.2 Å². The molecule has 0 spiro atoms. The summed E-state index contributed by atoms with van der Waals surface area (Å²) in [5.41, 5.74) is -3.34. The van der Waals surface area contributed by atoms with E-state index in [1.54, 1.807) is 37.6 Å². The number of rotatable bonds is 13. The molecule has 4 N–H and O–H groups in total. The standard InChI is InChI=1S/C32H39N5O9S/c1-6-19-16-32(19,30(41)36-47(43,44)22-9-10-22)35-27(39)24-15-21(17-37(24)29(40)26(31(3,4)42)34-25(38)7-2)46-28-23-11-8-20(45-5)14-18(23)12-13-33-28/h6-8,11-14,19,21-22,24,26,42H,1-2,9-10,15-17H2,3-5H3,(H,34,38)(H,35,39)(H,36,41)/t19-,21-,24+,26?,32-/m1/s1. The molecule has 2 aliphatic carbocycles. The van der Waals surface area contributed by atoms with Gasteiger partial charge in [0.25, 0.3) is 5.91 Å².